The molecule has 3 heterocycles. The lowest BCUT2D eigenvalue weighted by molar-refractivity contribution is 0.0952. The number of nitrogens with zero attached hydrogens (tertiary/aromatic N) is 2. The lowest BCUT2D eigenvalue weighted by Crippen LogP contribution is -2.33. The molecule has 7 nitrogen and oxygen atoms in total. The number of likely N-dealkylation sites (tertiary alicyclic amines) is 1. The van der Waals surface area contributed by atoms with E-state index in [4.69, 9.17) is 4.52 Å². The van der Waals surface area contributed by atoms with Crippen LogP contribution in [0.3, 0.4) is 0 Å². The number of fused-ring (bicyclic) bond motifs is 2. The van der Waals surface area contributed by atoms with Crippen molar-refractivity contribution in [1.82, 2.24) is 15.4 Å². The standard InChI is InChI=1S/C17H17N3O4S/c1-9-12-14(22)16-10(13(21)15(12)24-19-9)8-11(25-16)17(23)18-4-7-20-5-2-3-6-20/h8H,2-7H2,1H3,(H,18,23). The molecule has 2 aromatic rings. The van der Waals surface area contributed by atoms with E-state index >= 15 is 0 Å². The quantitative estimate of drug-likeness (QED) is 0.761. The summed E-state index contributed by atoms with van der Waals surface area (Å²) in [6.07, 6.45) is 2.41. The largest absolute Gasteiger partial charge is 0.352 e. The predicted molar refractivity (Wildman–Crippen MR) is 90.4 cm³/mol. The van der Waals surface area contributed by atoms with Gasteiger partial charge in [-0.1, -0.05) is 5.16 Å². The van der Waals surface area contributed by atoms with Crippen molar-refractivity contribution in [3.05, 3.63) is 38.4 Å². The van der Waals surface area contributed by atoms with Gasteiger partial charge >= 0.3 is 0 Å². The summed E-state index contributed by atoms with van der Waals surface area (Å²) in [5.74, 6) is -0.985. The first-order chi connectivity index (χ1) is 12.1. The summed E-state index contributed by atoms with van der Waals surface area (Å²) in [5, 5.41) is 6.56. The molecule has 1 aliphatic carbocycles. The van der Waals surface area contributed by atoms with Gasteiger partial charge in [-0.25, -0.2) is 0 Å². The third-order valence-electron chi connectivity index (χ3n) is 4.62. The van der Waals surface area contributed by atoms with E-state index in [9.17, 15) is 14.4 Å². The molecule has 2 aliphatic rings. The predicted octanol–water partition coefficient (Wildman–Crippen LogP) is 1.65. The van der Waals surface area contributed by atoms with Gasteiger partial charge in [-0.15, -0.1) is 11.3 Å². The average Bonchev–Trinajstić information content (AvgIpc) is 3.32. The number of aromatic nitrogens is 1. The summed E-state index contributed by atoms with van der Waals surface area (Å²) < 4.78 is 5.00. The second-order valence-corrected chi connectivity index (χ2v) is 7.34. The van der Waals surface area contributed by atoms with Crippen LogP contribution in [-0.2, 0) is 0 Å². The third kappa shape index (κ3) is 2.71. The Balaban J connectivity index is 1.50. The minimum absolute atomic E-state index is 0.0335. The van der Waals surface area contributed by atoms with Crippen LogP contribution in [0.1, 0.15) is 59.6 Å². The molecule has 0 radical (unpaired) electrons. The van der Waals surface area contributed by atoms with E-state index < -0.39 is 5.78 Å². The molecular weight excluding hydrogens is 342 g/mol. The van der Waals surface area contributed by atoms with Crippen LogP contribution < -0.4 is 5.32 Å². The molecule has 0 spiro atoms. The lowest BCUT2D eigenvalue weighted by atomic mass is 9.93. The maximum atomic E-state index is 12.6. The molecule has 0 saturated carbocycles. The first-order valence-corrected chi connectivity index (χ1v) is 9.08. The summed E-state index contributed by atoms with van der Waals surface area (Å²) in [5.41, 5.74) is 0.827. The fraction of sp³-hybridized carbons (Fsp3) is 0.412. The van der Waals surface area contributed by atoms with Gasteiger partial charge in [0.05, 0.1) is 21.0 Å². The normalized spacial score (nSPS) is 16.8. The van der Waals surface area contributed by atoms with Crippen molar-refractivity contribution in [3.63, 3.8) is 0 Å². The molecule has 4 rings (SSSR count). The van der Waals surface area contributed by atoms with E-state index in [1.54, 1.807) is 6.92 Å². The lowest BCUT2D eigenvalue weighted by Gasteiger charge is -2.14. The number of rotatable bonds is 4. The van der Waals surface area contributed by atoms with Gasteiger partial charge in [-0.3, -0.25) is 14.4 Å². The molecule has 0 bridgehead atoms. The molecule has 1 fully saturated rings. The van der Waals surface area contributed by atoms with Crippen LogP contribution >= 0.6 is 11.3 Å². The molecule has 1 saturated heterocycles. The highest BCUT2D eigenvalue weighted by Gasteiger charge is 2.38. The fourth-order valence-electron chi connectivity index (χ4n) is 3.29. The molecule has 1 N–H and O–H groups in total. The van der Waals surface area contributed by atoms with Crippen molar-refractivity contribution in [2.24, 2.45) is 0 Å². The fourth-order valence-corrected chi connectivity index (χ4v) is 4.31. The Labute approximate surface area is 148 Å². The van der Waals surface area contributed by atoms with Gasteiger partial charge in [0.25, 0.3) is 5.91 Å². The first-order valence-electron chi connectivity index (χ1n) is 8.26. The highest BCUT2D eigenvalue weighted by atomic mass is 32.1. The van der Waals surface area contributed by atoms with Crippen molar-refractivity contribution in [3.8, 4) is 0 Å². The van der Waals surface area contributed by atoms with Crippen molar-refractivity contribution in [1.29, 1.82) is 0 Å². The summed E-state index contributed by atoms with van der Waals surface area (Å²) in [6.45, 7) is 5.13. The highest BCUT2D eigenvalue weighted by molar-refractivity contribution is 7.16. The number of nitrogens with one attached hydrogen (secondary N) is 1. The molecule has 2 aromatic heterocycles. The Bertz CT molecular complexity index is 877. The molecule has 130 valence electrons. The van der Waals surface area contributed by atoms with Crippen LogP contribution in [0.25, 0.3) is 0 Å². The minimum Gasteiger partial charge on any atom is -0.352 e. The van der Waals surface area contributed by atoms with Gasteiger partial charge in [-0.05, 0) is 38.9 Å². The van der Waals surface area contributed by atoms with Crippen LogP contribution in [0.4, 0.5) is 0 Å². The summed E-state index contributed by atoms with van der Waals surface area (Å²) >= 11 is 1.05. The number of aryl methyl sites for hydroxylation is 1. The maximum absolute atomic E-state index is 12.6. The molecular formula is C17H17N3O4S. The summed E-state index contributed by atoms with van der Waals surface area (Å²) in [4.78, 5) is 40.4. The third-order valence-corrected chi connectivity index (χ3v) is 5.75. The smallest absolute Gasteiger partial charge is 0.261 e. The molecule has 0 atom stereocenters. The van der Waals surface area contributed by atoms with Gasteiger partial charge in [-0.2, -0.15) is 0 Å². The van der Waals surface area contributed by atoms with Gasteiger partial charge in [0.2, 0.25) is 17.3 Å². The number of ketones is 2. The van der Waals surface area contributed by atoms with Crippen LogP contribution in [0.2, 0.25) is 0 Å². The van der Waals surface area contributed by atoms with Crippen LogP contribution in [-0.4, -0.2) is 53.7 Å². The zero-order chi connectivity index (χ0) is 17.6. The Hall–Kier alpha value is -2.32. The molecule has 1 amide bonds. The topological polar surface area (TPSA) is 92.5 Å². The van der Waals surface area contributed by atoms with Gasteiger partial charge in [0.1, 0.15) is 0 Å². The van der Waals surface area contributed by atoms with Crippen LogP contribution in [0.15, 0.2) is 10.6 Å². The zero-order valence-electron chi connectivity index (χ0n) is 13.8. The molecule has 0 aromatic carbocycles. The summed E-state index contributed by atoms with van der Waals surface area (Å²) in [7, 11) is 0. The van der Waals surface area contributed by atoms with E-state index in [0.717, 1.165) is 31.0 Å². The Kier molecular flexibility index (Phi) is 4.01. The second kappa shape index (κ2) is 6.20. The number of hydrogen-bond donors (Lipinski definition) is 1. The SMILES string of the molecule is Cc1noc2c1C(=O)c1sc(C(=O)NCCN3CCCC3)cc1C2=O. The Morgan fingerprint density at radius 2 is 2.08 bits per heavy atom. The van der Waals surface area contributed by atoms with E-state index in [-0.39, 0.29) is 33.5 Å². The maximum Gasteiger partial charge on any atom is 0.261 e. The summed E-state index contributed by atoms with van der Waals surface area (Å²) in [6, 6.07) is 1.48. The van der Waals surface area contributed by atoms with Gasteiger partial charge in [0, 0.05) is 18.7 Å². The van der Waals surface area contributed by atoms with Crippen molar-refractivity contribution in [2.45, 2.75) is 19.8 Å². The number of amides is 1. The second-order valence-electron chi connectivity index (χ2n) is 6.29. The van der Waals surface area contributed by atoms with Crippen molar-refractivity contribution >= 4 is 28.8 Å². The van der Waals surface area contributed by atoms with Crippen molar-refractivity contribution < 1.29 is 18.9 Å². The van der Waals surface area contributed by atoms with Gasteiger partial charge in [0.15, 0.2) is 0 Å². The first kappa shape index (κ1) is 16.2. The molecule has 8 heteroatoms. The number of carbonyl (C=O) groups excluding carboxylic acids is 3. The van der Waals surface area contributed by atoms with E-state index in [0.29, 0.717) is 17.1 Å². The number of thiophene rings is 1. The molecule has 0 unspecified atom stereocenters. The Morgan fingerprint density at radius 3 is 2.84 bits per heavy atom. The van der Waals surface area contributed by atoms with E-state index in [2.05, 4.69) is 15.4 Å². The number of hydrogen-bond acceptors (Lipinski definition) is 7. The average molecular weight is 359 g/mol. The van der Waals surface area contributed by atoms with Crippen LogP contribution in [0.5, 0.6) is 0 Å². The zero-order valence-corrected chi connectivity index (χ0v) is 14.6. The van der Waals surface area contributed by atoms with E-state index in [1.807, 2.05) is 0 Å². The minimum atomic E-state index is -0.391. The van der Waals surface area contributed by atoms with Gasteiger partial charge < -0.3 is 14.7 Å². The molecule has 1 aliphatic heterocycles. The van der Waals surface area contributed by atoms with E-state index in [1.165, 1.54) is 18.9 Å². The Morgan fingerprint density at radius 1 is 1.32 bits per heavy atom. The monoisotopic (exact) mass is 359 g/mol. The molecule has 25 heavy (non-hydrogen) atoms. The number of carbonyl (C=O) groups is 3. The highest BCUT2D eigenvalue weighted by Crippen LogP contribution is 2.34. The van der Waals surface area contributed by atoms with Crippen molar-refractivity contribution in [2.75, 3.05) is 26.2 Å². The van der Waals surface area contributed by atoms with Crippen LogP contribution in [0, 0.1) is 6.92 Å².